The van der Waals surface area contributed by atoms with Crippen molar-refractivity contribution in [3.63, 3.8) is 0 Å². The van der Waals surface area contributed by atoms with Crippen LogP contribution in [0.25, 0.3) is 0 Å². The molecule has 0 aromatic heterocycles. The van der Waals surface area contributed by atoms with Gasteiger partial charge in [-0.15, -0.1) is 0 Å². The zero-order chi connectivity index (χ0) is 16.7. The molecule has 0 bridgehead atoms. The molecule has 0 N–H and O–H groups in total. The minimum atomic E-state index is -0.489. The Morgan fingerprint density at radius 2 is 2.00 bits per heavy atom. The second-order valence-electron chi connectivity index (χ2n) is 5.11. The average Bonchev–Trinajstić information content (AvgIpc) is 2.89. The van der Waals surface area contributed by atoms with Crippen LogP contribution in [0.5, 0.6) is 0 Å². The third kappa shape index (κ3) is 3.72. The molecule has 1 heterocycles. The van der Waals surface area contributed by atoms with Crippen molar-refractivity contribution in [2.45, 2.75) is 39.8 Å². The smallest absolute Gasteiger partial charge is 0.255 e. The van der Waals surface area contributed by atoms with Crippen LogP contribution in [0, 0.1) is 6.92 Å². The number of hydrogen-bond donors (Lipinski definition) is 0. The number of fused-ring (bicyclic) bond motifs is 1. The van der Waals surface area contributed by atoms with E-state index in [-0.39, 0.29) is 5.91 Å². The first-order valence-corrected chi connectivity index (χ1v) is 7.58. The maximum atomic E-state index is 12.3. The van der Waals surface area contributed by atoms with E-state index in [2.05, 4.69) is 0 Å². The summed E-state index contributed by atoms with van der Waals surface area (Å²) in [5, 5.41) is 0. The van der Waals surface area contributed by atoms with Crippen molar-refractivity contribution >= 4 is 18.6 Å². The third-order valence-electron chi connectivity index (χ3n) is 3.74. The number of carbonyl (C=O) groups is 3. The van der Waals surface area contributed by atoms with Gasteiger partial charge in [0.1, 0.15) is 6.29 Å². The first-order valence-electron chi connectivity index (χ1n) is 7.58. The minimum absolute atomic E-state index is 0.102. The molecule has 0 radical (unpaired) electrons. The minimum Gasteiger partial charge on any atom is -0.348 e. The van der Waals surface area contributed by atoms with E-state index in [1.807, 2.05) is 32.9 Å². The molecule has 1 aromatic carbocycles. The Morgan fingerprint density at radius 1 is 1.32 bits per heavy atom. The second-order valence-corrected chi connectivity index (χ2v) is 5.11. The Hall–Kier alpha value is -2.17. The monoisotopic (exact) mass is 304 g/mol. The summed E-state index contributed by atoms with van der Waals surface area (Å²) in [5.74, 6) is -0.102. The van der Waals surface area contributed by atoms with Crippen LogP contribution in [0.3, 0.4) is 0 Å². The van der Waals surface area contributed by atoms with Crippen molar-refractivity contribution in [3.05, 3.63) is 34.9 Å². The van der Waals surface area contributed by atoms with Crippen LogP contribution >= 0.6 is 0 Å². The van der Waals surface area contributed by atoms with Crippen LogP contribution in [0.15, 0.2) is 18.2 Å². The van der Waals surface area contributed by atoms with E-state index in [0.717, 1.165) is 17.4 Å². The van der Waals surface area contributed by atoms with Crippen molar-refractivity contribution in [1.29, 1.82) is 0 Å². The summed E-state index contributed by atoms with van der Waals surface area (Å²) in [5.41, 5.74) is 2.74. The summed E-state index contributed by atoms with van der Waals surface area (Å²) in [4.78, 5) is 37.2. The van der Waals surface area contributed by atoms with E-state index in [4.69, 9.17) is 0 Å². The summed E-state index contributed by atoms with van der Waals surface area (Å²) in [6, 6.07) is 5.12. The van der Waals surface area contributed by atoms with Gasteiger partial charge in [0.05, 0.1) is 6.04 Å². The molecule has 1 aliphatic rings. The molecule has 22 heavy (non-hydrogen) atoms. The molecule has 1 atom stereocenters. The van der Waals surface area contributed by atoms with Crippen LogP contribution in [-0.2, 0) is 16.1 Å². The number of benzene rings is 1. The largest absolute Gasteiger partial charge is 0.348 e. The van der Waals surface area contributed by atoms with E-state index in [0.29, 0.717) is 31.5 Å². The molecule has 2 rings (SSSR count). The molecule has 1 aromatic rings. The van der Waals surface area contributed by atoms with Gasteiger partial charge < -0.3 is 14.6 Å². The standard InChI is InChI=1S/C15H18N2O3.C2H6/c1-11-4-3-5-13-14(11)8-17(15(13)20)12(9-18)6-7-16(2)10-19;1-2/h3-5,9-10,12H,6-8H2,1-2H3;1-2H3. The highest BCUT2D eigenvalue weighted by Crippen LogP contribution is 2.27. The highest BCUT2D eigenvalue weighted by Gasteiger charge is 2.33. The molecule has 0 aliphatic carbocycles. The molecular weight excluding hydrogens is 280 g/mol. The summed E-state index contributed by atoms with van der Waals surface area (Å²) in [7, 11) is 1.65. The van der Waals surface area contributed by atoms with Crippen LogP contribution in [0.2, 0.25) is 0 Å². The molecule has 1 aliphatic heterocycles. The molecule has 0 fully saturated rings. The van der Waals surface area contributed by atoms with Gasteiger partial charge in [0.2, 0.25) is 6.41 Å². The van der Waals surface area contributed by atoms with Crippen LogP contribution in [0.4, 0.5) is 0 Å². The van der Waals surface area contributed by atoms with Crippen molar-refractivity contribution in [3.8, 4) is 0 Å². The summed E-state index contributed by atoms with van der Waals surface area (Å²) in [6.45, 7) is 6.88. The maximum Gasteiger partial charge on any atom is 0.255 e. The van der Waals surface area contributed by atoms with Gasteiger partial charge in [0.25, 0.3) is 5.91 Å². The lowest BCUT2D eigenvalue weighted by atomic mass is 10.1. The lowest BCUT2D eigenvalue weighted by Crippen LogP contribution is -2.39. The van der Waals surface area contributed by atoms with Gasteiger partial charge in [-0.05, 0) is 30.5 Å². The SMILES string of the molecule is CC.Cc1cccc2c1CN(C(C=O)CCN(C)C=O)C2=O. The topological polar surface area (TPSA) is 57.7 Å². The number of carbonyl (C=O) groups excluding carboxylic acids is 3. The molecule has 1 unspecified atom stereocenters. The summed E-state index contributed by atoms with van der Waals surface area (Å²) >= 11 is 0. The fourth-order valence-electron chi connectivity index (χ4n) is 2.46. The number of nitrogens with zero attached hydrogens (tertiary/aromatic N) is 2. The molecule has 5 heteroatoms. The highest BCUT2D eigenvalue weighted by atomic mass is 16.2. The van der Waals surface area contributed by atoms with Gasteiger partial charge in [0, 0.05) is 25.7 Å². The van der Waals surface area contributed by atoms with Gasteiger partial charge >= 0.3 is 0 Å². The lowest BCUT2D eigenvalue weighted by Gasteiger charge is -2.24. The average molecular weight is 304 g/mol. The van der Waals surface area contributed by atoms with Crippen molar-refractivity contribution in [1.82, 2.24) is 9.80 Å². The van der Waals surface area contributed by atoms with Crippen LogP contribution in [0.1, 0.15) is 41.8 Å². The predicted octanol–water partition coefficient (Wildman–Crippen LogP) is 2.02. The molecule has 0 saturated heterocycles. The Labute approximate surface area is 131 Å². The first-order chi connectivity index (χ1) is 10.6. The van der Waals surface area contributed by atoms with E-state index in [9.17, 15) is 14.4 Å². The zero-order valence-electron chi connectivity index (χ0n) is 13.7. The molecule has 0 saturated carbocycles. The van der Waals surface area contributed by atoms with Gasteiger partial charge in [-0.2, -0.15) is 0 Å². The number of aryl methyl sites for hydroxylation is 1. The normalized spacial score (nSPS) is 13.8. The summed E-state index contributed by atoms with van der Waals surface area (Å²) in [6.07, 6.45) is 1.96. The van der Waals surface area contributed by atoms with Crippen molar-refractivity contribution < 1.29 is 14.4 Å². The fraction of sp³-hybridized carbons (Fsp3) is 0.471. The van der Waals surface area contributed by atoms with E-state index in [1.165, 1.54) is 4.90 Å². The van der Waals surface area contributed by atoms with E-state index >= 15 is 0 Å². The molecule has 120 valence electrons. The Kier molecular flexibility index (Phi) is 6.76. The fourth-order valence-corrected chi connectivity index (χ4v) is 2.46. The van der Waals surface area contributed by atoms with Crippen LogP contribution < -0.4 is 0 Å². The lowest BCUT2D eigenvalue weighted by molar-refractivity contribution is -0.118. The van der Waals surface area contributed by atoms with Gasteiger partial charge in [-0.1, -0.05) is 26.0 Å². The molecule has 5 nitrogen and oxygen atoms in total. The van der Waals surface area contributed by atoms with Crippen LogP contribution in [-0.4, -0.2) is 48.0 Å². The first kappa shape index (κ1) is 17.9. The van der Waals surface area contributed by atoms with E-state index in [1.54, 1.807) is 18.0 Å². The van der Waals surface area contributed by atoms with Gasteiger partial charge in [-0.25, -0.2) is 0 Å². The van der Waals surface area contributed by atoms with Gasteiger partial charge in [-0.3, -0.25) is 9.59 Å². The Balaban J connectivity index is 0.00000116. The quantitative estimate of drug-likeness (QED) is 0.756. The molecule has 0 spiro atoms. The van der Waals surface area contributed by atoms with Crippen molar-refractivity contribution in [2.75, 3.05) is 13.6 Å². The highest BCUT2D eigenvalue weighted by molar-refractivity contribution is 6.00. The molecular formula is C17H24N2O3. The zero-order valence-corrected chi connectivity index (χ0v) is 13.7. The van der Waals surface area contributed by atoms with E-state index < -0.39 is 6.04 Å². The predicted molar refractivity (Wildman–Crippen MR) is 85.6 cm³/mol. The number of aldehydes is 1. The third-order valence-corrected chi connectivity index (χ3v) is 3.74. The number of amides is 2. The Bertz CT molecular complexity index is 543. The van der Waals surface area contributed by atoms with Gasteiger partial charge in [0.15, 0.2) is 0 Å². The number of hydrogen-bond acceptors (Lipinski definition) is 3. The molecule has 2 amide bonds. The second kappa shape index (κ2) is 8.32. The number of rotatable bonds is 6. The Morgan fingerprint density at radius 3 is 2.55 bits per heavy atom. The maximum absolute atomic E-state index is 12.3. The van der Waals surface area contributed by atoms with Crippen molar-refractivity contribution in [2.24, 2.45) is 0 Å². The summed E-state index contributed by atoms with van der Waals surface area (Å²) < 4.78 is 0.